The van der Waals surface area contributed by atoms with Crippen molar-refractivity contribution in [2.75, 3.05) is 11.6 Å². The normalized spacial score (nSPS) is 12.1. The molecule has 0 aliphatic carbocycles. The molecule has 2 aromatic heterocycles. The molecule has 24 heavy (non-hydrogen) atoms. The van der Waals surface area contributed by atoms with E-state index in [4.69, 9.17) is 0 Å². The lowest BCUT2D eigenvalue weighted by Gasteiger charge is -2.04. The first-order chi connectivity index (χ1) is 11.5. The minimum atomic E-state index is -0.940. The van der Waals surface area contributed by atoms with Gasteiger partial charge in [0.1, 0.15) is 0 Å². The molecule has 0 fully saturated rings. The first-order valence-corrected chi connectivity index (χ1v) is 9.88. The molecule has 0 saturated heterocycles. The van der Waals surface area contributed by atoms with Gasteiger partial charge in [0.2, 0.25) is 0 Å². The lowest BCUT2D eigenvalue weighted by atomic mass is 10.1. The summed E-state index contributed by atoms with van der Waals surface area (Å²) in [4.78, 5) is 14.7. The highest BCUT2D eigenvalue weighted by molar-refractivity contribution is 7.83. The van der Waals surface area contributed by atoms with Crippen molar-refractivity contribution in [2.24, 2.45) is 0 Å². The third-order valence-corrected chi connectivity index (χ3v) is 5.16. The summed E-state index contributed by atoms with van der Waals surface area (Å²) < 4.78 is 11.3. The second kappa shape index (κ2) is 7.11. The number of hydrogen-bond acceptors (Lipinski definition) is 4. The second-order valence-electron chi connectivity index (χ2n) is 5.45. The SMILES string of the molecule is Cc1ccc(-c2cc(NC(=O)c3cccc(C[S@@](C)=O)c3)n[nH]2)s1. The number of aryl methyl sites for hydroxylation is 1. The van der Waals surface area contributed by atoms with E-state index in [-0.39, 0.29) is 5.91 Å². The Morgan fingerprint density at radius 1 is 1.29 bits per heavy atom. The fourth-order valence-electron chi connectivity index (χ4n) is 2.32. The Bertz CT molecular complexity index is 899. The maximum absolute atomic E-state index is 12.4. The largest absolute Gasteiger partial charge is 0.305 e. The number of amides is 1. The molecule has 1 atom stereocenters. The predicted octanol–water partition coefficient (Wildman–Crippen LogP) is 3.58. The molecule has 0 bridgehead atoms. The third kappa shape index (κ3) is 3.98. The Morgan fingerprint density at radius 2 is 2.12 bits per heavy atom. The van der Waals surface area contributed by atoms with Crippen molar-refractivity contribution in [3.05, 3.63) is 58.5 Å². The predicted molar refractivity (Wildman–Crippen MR) is 98.8 cm³/mol. The van der Waals surface area contributed by atoms with E-state index in [9.17, 15) is 9.00 Å². The third-order valence-electron chi connectivity index (χ3n) is 3.38. The fourth-order valence-corrected chi connectivity index (χ4v) is 3.80. The van der Waals surface area contributed by atoms with E-state index < -0.39 is 10.8 Å². The average molecular weight is 359 g/mol. The molecule has 0 unspecified atom stereocenters. The van der Waals surface area contributed by atoms with Crippen molar-refractivity contribution in [2.45, 2.75) is 12.7 Å². The van der Waals surface area contributed by atoms with E-state index in [1.807, 2.05) is 31.2 Å². The Morgan fingerprint density at radius 3 is 2.83 bits per heavy atom. The van der Waals surface area contributed by atoms with Gasteiger partial charge in [-0.05, 0) is 36.8 Å². The Labute approximate surface area is 146 Å². The molecule has 2 N–H and O–H groups in total. The summed E-state index contributed by atoms with van der Waals surface area (Å²) in [6.45, 7) is 2.05. The van der Waals surface area contributed by atoms with E-state index in [1.165, 1.54) is 4.88 Å². The Kier molecular flexibility index (Phi) is 4.92. The number of aromatic nitrogens is 2. The summed E-state index contributed by atoms with van der Waals surface area (Å²) in [7, 11) is -0.940. The number of carbonyl (C=O) groups excluding carboxylic acids is 1. The lowest BCUT2D eigenvalue weighted by Crippen LogP contribution is -2.12. The highest BCUT2D eigenvalue weighted by Gasteiger charge is 2.11. The van der Waals surface area contributed by atoms with Crippen LogP contribution < -0.4 is 5.32 Å². The maximum atomic E-state index is 12.4. The molecule has 0 radical (unpaired) electrons. The van der Waals surface area contributed by atoms with Crippen LogP contribution in [0.5, 0.6) is 0 Å². The van der Waals surface area contributed by atoms with Gasteiger partial charge in [-0.25, -0.2) is 0 Å². The number of carbonyl (C=O) groups is 1. The first kappa shape index (κ1) is 16.6. The molecule has 0 saturated carbocycles. The number of anilines is 1. The molecule has 1 amide bonds. The van der Waals surface area contributed by atoms with Gasteiger partial charge in [0.15, 0.2) is 5.82 Å². The topological polar surface area (TPSA) is 74.8 Å². The molecule has 124 valence electrons. The Hall–Kier alpha value is -2.25. The van der Waals surface area contributed by atoms with Gasteiger partial charge in [0.25, 0.3) is 5.91 Å². The van der Waals surface area contributed by atoms with Crippen LogP contribution >= 0.6 is 11.3 Å². The zero-order valence-corrected chi connectivity index (χ0v) is 15.0. The number of hydrogen-bond donors (Lipinski definition) is 2. The average Bonchev–Trinajstić information content (AvgIpc) is 3.16. The molecule has 2 heterocycles. The van der Waals surface area contributed by atoms with Crippen molar-refractivity contribution in [3.63, 3.8) is 0 Å². The fraction of sp³-hybridized carbons (Fsp3) is 0.176. The van der Waals surface area contributed by atoms with Crippen molar-refractivity contribution < 1.29 is 9.00 Å². The van der Waals surface area contributed by atoms with Gasteiger partial charge in [0, 0.05) is 39.3 Å². The highest BCUT2D eigenvalue weighted by atomic mass is 32.2. The molecule has 1 aromatic carbocycles. The van der Waals surface area contributed by atoms with Crippen LogP contribution in [0.1, 0.15) is 20.8 Å². The summed E-state index contributed by atoms with van der Waals surface area (Å²) >= 11 is 1.66. The number of nitrogens with one attached hydrogen (secondary N) is 2. The van der Waals surface area contributed by atoms with Gasteiger partial charge in [-0.3, -0.25) is 14.1 Å². The van der Waals surface area contributed by atoms with Gasteiger partial charge in [-0.2, -0.15) is 5.10 Å². The van der Waals surface area contributed by atoms with Crippen molar-refractivity contribution in [1.82, 2.24) is 10.2 Å². The second-order valence-corrected chi connectivity index (χ2v) is 8.17. The molecular formula is C17H17N3O2S2. The van der Waals surface area contributed by atoms with Crippen molar-refractivity contribution in [3.8, 4) is 10.6 Å². The number of benzene rings is 1. The highest BCUT2D eigenvalue weighted by Crippen LogP contribution is 2.27. The van der Waals surface area contributed by atoms with Gasteiger partial charge < -0.3 is 5.32 Å². The van der Waals surface area contributed by atoms with Crippen molar-refractivity contribution in [1.29, 1.82) is 0 Å². The summed E-state index contributed by atoms with van der Waals surface area (Å²) in [6, 6.07) is 13.0. The van der Waals surface area contributed by atoms with Crippen LogP contribution in [0, 0.1) is 6.92 Å². The number of aromatic amines is 1. The molecule has 7 heteroatoms. The first-order valence-electron chi connectivity index (χ1n) is 7.34. The zero-order valence-electron chi connectivity index (χ0n) is 13.3. The number of nitrogens with zero attached hydrogens (tertiary/aromatic N) is 1. The lowest BCUT2D eigenvalue weighted by molar-refractivity contribution is 0.102. The van der Waals surface area contributed by atoms with E-state index in [1.54, 1.807) is 35.8 Å². The Balaban J connectivity index is 1.73. The summed E-state index contributed by atoms with van der Waals surface area (Å²) in [5, 5.41) is 9.86. The van der Waals surface area contributed by atoms with Crippen LogP contribution in [0.2, 0.25) is 0 Å². The molecule has 3 rings (SSSR count). The molecule has 3 aromatic rings. The van der Waals surface area contributed by atoms with Gasteiger partial charge in [-0.1, -0.05) is 12.1 Å². The van der Waals surface area contributed by atoms with Crippen LogP contribution in [0.4, 0.5) is 5.82 Å². The van der Waals surface area contributed by atoms with Crippen LogP contribution in [-0.4, -0.2) is 26.6 Å². The minimum absolute atomic E-state index is 0.237. The van der Waals surface area contributed by atoms with Crippen LogP contribution in [0.15, 0.2) is 42.5 Å². The van der Waals surface area contributed by atoms with Crippen LogP contribution in [0.3, 0.4) is 0 Å². The summed E-state index contributed by atoms with van der Waals surface area (Å²) in [5.74, 6) is 0.676. The summed E-state index contributed by atoms with van der Waals surface area (Å²) in [6.07, 6.45) is 1.64. The van der Waals surface area contributed by atoms with E-state index in [0.29, 0.717) is 17.1 Å². The molecule has 0 aliphatic heterocycles. The summed E-state index contributed by atoms with van der Waals surface area (Å²) in [5.41, 5.74) is 2.27. The monoisotopic (exact) mass is 359 g/mol. The van der Waals surface area contributed by atoms with E-state index in [0.717, 1.165) is 16.1 Å². The minimum Gasteiger partial charge on any atom is -0.305 e. The van der Waals surface area contributed by atoms with Crippen LogP contribution in [0.25, 0.3) is 10.6 Å². The smallest absolute Gasteiger partial charge is 0.256 e. The molecule has 0 spiro atoms. The van der Waals surface area contributed by atoms with E-state index >= 15 is 0 Å². The zero-order chi connectivity index (χ0) is 17.1. The molecular weight excluding hydrogens is 342 g/mol. The quantitative estimate of drug-likeness (QED) is 0.731. The van der Waals surface area contributed by atoms with E-state index in [2.05, 4.69) is 15.5 Å². The van der Waals surface area contributed by atoms with Crippen LogP contribution in [-0.2, 0) is 16.6 Å². The molecule has 0 aliphatic rings. The van der Waals surface area contributed by atoms with Gasteiger partial charge in [0.05, 0.1) is 10.6 Å². The number of rotatable bonds is 5. The van der Waals surface area contributed by atoms with Crippen molar-refractivity contribution >= 4 is 33.9 Å². The standard InChI is InChI=1S/C17H17N3O2S2/c1-11-6-7-15(23-11)14-9-16(20-19-14)18-17(21)13-5-3-4-12(8-13)10-24(2)22/h3-9H,10H2,1-2H3,(H2,18,19,20,21)/t24-/m1/s1. The van der Waals surface area contributed by atoms with Gasteiger partial charge >= 0.3 is 0 Å². The number of thiophene rings is 1. The van der Waals surface area contributed by atoms with Gasteiger partial charge in [-0.15, -0.1) is 11.3 Å². The maximum Gasteiger partial charge on any atom is 0.256 e. The number of H-pyrrole nitrogens is 1. The molecule has 5 nitrogen and oxygen atoms in total.